The fourth-order valence-corrected chi connectivity index (χ4v) is 2.38. The third kappa shape index (κ3) is 4.01. The zero-order valence-corrected chi connectivity index (χ0v) is 10.8. The van der Waals surface area contributed by atoms with E-state index < -0.39 is 11.4 Å². The second-order valence-corrected chi connectivity index (χ2v) is 5.06. The predicted molar refractivity (Wildman–Crippen MR) is 71.3 cm³/mol. The molecule has 0 saturated heterocycles. The highest BCUT2D eigenvalue weighted by atomic mass is 19.1. The van der Waals surface area contributed by atoms with Crippen molar-refractivity contribution < 1.29 is 14.3 Å². The lowest BCUT2D eigenvalue weighted by molar-refractivity contribution is -0.115. The molecule has 0 heterocycles. The number of anilines is 1. The fraction of sp³-hybridized carbons (Fsp3) is 0.500. The summed E-state index contributed by atoms with van der Waals surface area (Å²) < 4.78 is 13.3. The van der Waals surface area contributed by atoms with Gasteiger partial charge in [-0.3, -0.25) is 4.79 Å². The number of nitrogens with one attached hydrogen (secondary N) is 2. The Morgan fingerprint density at radius 1 is 1.32 bits per heavy atom. The maximum absolute atomic E-state index is 13.3. The van der Waals surface area contributed by atoms with Crippen LogP contribution < -0.4 is 10.6 Å². The number of hydrogen-bond acceptors (Lipinski definition) is 3. The van der Waals surface area contributed by atoms with Crippen molar-refractivity contribution in [3.8, 4) is 0 Å². The van der Waals surface area contributed by atoms with Crippen LogP contribution in [0.1, 0.15) is 25.7 Å². The van der Waals surface area contributed by atoms with Gasteiger partial charge in [0.05, 0.1) is 17.8 Å². The number of halogens is 1. The molecule has 0 unspecified atom stereocenters. The van der Waals surface area contributed by atoms with Gasteiger partial charge in [-0.1, -0.05) is 25.0 Å². The summed E-state index contributed by atoms with van der Waals surface area (Å²) >= 11 is 0. The van der Waals surface area contributed by atoms with Crippen LogP contribution in [-0.4, -0.2) is 29.7 Å². The van der Waals surface area contributed by atoms with E-state index in [0.717, 1.165) is 25.7 Å². The summed E-state index contributed by atoms with van der Waals surface area (Å²) in [5.41, 5.74) is -0.507. The van der Waals surface area contributed by atoms with Gasteiger partial charge in [-0.25, -0.2) is 4.39 Å². The van der Waals surface area contributed by atoms with Crippen molar-refractivity contribution >= 4 is 11.6 Å². The Hall–Kier alpha value is -1.46. The maximum Gasteiger partial charge on any atom is 0.238 e. The van der Waals surface area contributed by atoms with Crippen LogP contribution in [0.25, 0.3) is 0 Å². The standard InChI is InChI=1S/C14H19FN2O2/c15-11-5-1-2-6-12(11)17-13(18)9-16-10-14(19)7-3-4-8-14/h1-2,5-6,16,19H,3-4,7-10H2,(H,17,18). The monoisotopic (exact) mass is 266 g/mol. The van der Waals surface area contributed by atoms with Gasteiger partial charge in [0.2, 0.25) is 5.91 Å². The van der Waals surface area contributed by atoms with E-state index in [4.69, 9.17) is 0 Å². The van der Waals surface area contributed by atoms with Gasteiger partial charge in [-0.2, -0.15) is 0 Å². The van der Waals surface area contributed by atoms with Crippen LogP contribution in [0.15, 0.2) is 24.3 Å². The van der Waals surface area contributed by atoms with Crippen molar-refractivity contribution in [2.24, 2.45) is 0 Å². The molecule has 1 aliphatic carbocycles. The quantitative estimate of drug-likeness (QED) is 0.759. The molecule has 1 aromatic rings. The second-order valence-electron chi connectivity index (χ2n) is 5.06. The lowest BCUT2D eigenvalue weighted by Gasteiger charge is -2.22. The number of hydrogen-bond donors (Lipinski definition) is 3. The van der Waals surface area contributed by atoms with Crippen LogP contribution in [0.2, 0.25) is 0 Å². The molecule has 1 aromatic carbocycles. The van der Waals surface area contributed by atoms with Crippen LogP contribution >= 0.6 is 0 Å². The Morgan fingerprint density at radius 2 is 2.00 bits per heavy atom. The first-order valence-electron chi connectivity index (χ1n) is 6.57. The molecule has 2 rings (SSSR count). The number of rotatable bonds is 5. The molecule has 5 heteroatoms. The van der Waals surface area contributed by atoms with Gasteiger partial charge < -0.3 is 15.7 Å². The smallest absolute Gasteiger partial charge is 0.238 e. The fourth-order valence-electron chi connectivity index (χ4n) is 2.38. The van der Waals surface area contributed by atoms with Gasteiger partial charge >= 0.3 is 0 Å². The normalized spacial score (nSPS) is 17.4. The summed E-state index contributed by atoms with van der Waals surface area (Å²) in [6, 6.07) is 6.04. The summed E-state index contributed by atoms with van der Waals surface area (Å²) in [5, 5.41) is 15.5. The van der Waals surface area contributed by atoms with Gasteiger partial charge in [0.25, 0.3) is 0 Å². The number of para-hydroxylation sites is 1. The maximum atomic E-state index is 13.3. The zero-order valence-electron chi connectivity index (χ0n) is 10.8. The molecule has 0 atom stereocenters. The molecular formula is C14H19FN2O2. The molecule has 0 aromatic heterocycles. The highest BCUT2D eigenvalue weighted by Gasteiger charge is 2.30. The van der Waals surface area contributed by atoms with Crippen LogP contribution in [0.5, 0.6) is 0 Å². The summed E-state index contributed by atoms with van der Waals surface area (Å²) in [4.78, 5) is 11.6. The number of carbonyl (C=O) groups excluding carboxylic acids is 1. The van der Waals surface area contributed by atoms with Gasteiger partial charge in [0, 0.05) is 6.54 Å². The van der Waals surface area contributed by atoms with E-state index in [1.54, 1.807) is 12.1 Å². The van der Waals surface area contributed by atoms with Crippen LogP contribution in [0.3, 0.4) is 0 Å². The first kappa shape index (κ1) is 14.0. The van der Waals surface area contributed by atoms with Crippen molar-refractivity contribution in [3.05, 3.63) is 30.1 Å². The van der Waals surface area contributed by atoms with E-state index in [-0.39, 0.29) is 18.1 Å². The summed E-state index contributed by atoms with van der Waals surface area (Å²) in [6.45, 7) is 0.467. The van der Waals surface area contributed by atoms with E-state index in [2.05, 4.69) is 10.6 Å². The molecule has 1 saturated carbocycles. The number of carbonyl (C=O) groups is 1. The van der Waals surface area contributed by atoms with Crippen molar-refractivity contribution in [2.75, 3.05) is 18.4 Å². The van der Waals surface area contributed by atoms with Crippen LogP contribution in [-0.2, 0) is 4.79 Å². The molecule has 1 amide bonds. The molecule has 0 spiro atoms. The average molecular weight is 266 g/mol. The van der Waals surface area contributed by atoms with E-state index in [1.807, 2.05) is 0 Å². The molecule has 3 N–H and O–H groups in total. The van der Waals surface area contributed by atoms with Gasteiger partial charge in [0.15, 0.2) is 0 Å². The lowest BCUT2D eigenvalue weighted by Crippen LogP contribution is -2.41. The number of benzene rings is 1. The molecule has 104 valence electrons. The molecule has 19 heavy (non-hydrogen) atoms. The van der Waals surface area contributed by atoms with Crippen LogP contribution in [0, 0.1) is 5.82 Å². The molecule has 0 bridgehead atoms. The molecule has 1 fully saturated rings. The summed E-state index contributed by atoms with van der Waals surface area (Å²) in [6.07, 6.45) is 3.60. The largest absolute Gasteiger partial charge is 0.389 e. The second kappa shape index (κ2) is 6.12. The minimum atomic E-state index is -0.682. The van der Waals surface area contributed by atoms with Crippen LogP contribution in [0.4, 0.5) is 10.1 Å². The van der Waals surface area contributed by atoms with E-state index in [9.17, 15) is 14.3 Å². The first-order valence-corrected chi connectivity index (χ1v) is 6.57. The van der Waals surface area contributed by atoms with Crippen molar-refractivity contribution in [1.82, 2.24) is 5.32 Å². The van der Waals surface area contributed by atoms with Gasteiger partial charge in [-0.15, -0.1) is 0 Å². The number of aliphatic hydroxyl groups is 1. The number of amides is 1. The Balaban J connectivity index is 1.74. The molecule has 1 aliphatic rings. The van der Waals surface area contributed by atoms with E-state index >= 15 is 0 Å². The predicted octanol–water partition coefficient (Wildman–Crippen LogP) is 1.66. The Bertz CT molecular complexity index is 445. The van der Waals surface area contributed by atoms with E-state index in [0.29, 0.717) is 6.54 Å². The Kier molecular flexibility index (Phi) is 4.50. The molecule has 0 aliphatic heterocycles. The molecule has 0 radical (unpaired) electrons. The molecule has 4 nitrogen and oxygen atoms in total. The SMILES string of the molecule is O=C(CNCC1(O)CCCC1)Nc1ccccc1F. The Labute approximate surface area is 112 Å². The van der Waals surface area contributed by atoms with Gasteiger partial charge in [0.1, 0.15) is 5.82 Å². The van der Waals surface area contributed by atoms with Gasteiger partial charge in [-0.05, 0) is 25.0 Å². The highest BCUT2D eigenvalue weighted by molar-refractivity contribution is 5.92. The van der Waals surface area contributed by atoms with Crippen molar-refractivity contribution in [2.45, 2.75) is 31.3 Å². The average Bonchev–Trinajstić information content (AvgIpc) is 2.79. The highest BCUT2D eigenvalue weighted by Crippen LogP contribution is 2.28. The third-order valence-corrected chi connectivity index (χ3v) is 3.42. The zero-order chi connectivity index (χ0) is 13.7. The molecular weight excluding hydrogens is 247 g/mol. The third-order valence-electron chi connectivity index (χ3n) is 3.42. The van der Waals surface area contributed by atoms with E-state index in [1.165, 1.54) is 12.1 Å². The Morgan fingerprint density at radius 3 is 2.68 bits per heavy atom. The topological polar surface area (TPSA) is 61.4 Å². The van der Waals surface area contributed by atoms with Crippen molar-refractivity contribution in [3.63, 3.8) is 0 Å². The first-order chi connectivity index (χ1) is 9.09. The minimum Gasteiger partial charge on any atom is -0.389 e. The summed E-state index contributed by atoms with van der Waals surface area (Å²) in [7, 11) is 0. The lowest BCUT2D eigenvalue weighted by atomic mass is 10.0. The summed E-state index contributed by atoms with van der Waals surface area (Å²) in [5.74, 6) is -0.767. The minimum absolute atomic E-state index is 0.0661. The van der Waals surface area contributed by atoms with Crippen molar-refractivity contribution in [1.29, 1.82) is 0 Å².